The molecule has 3 rings (SSSR count). The lowest BCUT2D eigenvalue weighted by Crippen LogP contribution is -3.18. The van der Waals surface area contributed by atoms with Crippen LogP contribution in [-0.4, -0.2) is 63.0 Å². The van der Waals surface area contributed by atoms with Crippen LogP contribution in [0.2, 0.25) is 0 Å². The Morgan fingerprint density at radius 1 is 1.17 bits per heavy atom. The summed E-state index contributed by atoms with van der Waals surface area (Å²) in [5.74, 6) is 0.873. The van der Waals surface area contributed by atoms with Crippen LogP contribution in [0.3, 0.4) is 0 Å². The molecular formula is C17H25N2O3S+. The molecule has 1 N–H and O–H groups in total. The first-order chi connectivity index (χ1) is 11.0. The molecule has 23 heavy (non-hydrogen) atoms. The van der Waals surface area contributed by atoms with Gasteiger partial charge in [0.2, 0.25) is 5.91 Å². The molecule has 0 spiro atoms. The van der Waals surface area contributed by atoms with Crippen LogP contribution >= 0.6 is 0 Å². The topological polar surface area (TPSA) is 58.9 Å². The van der Waals surface area contributed by atoms with Crippen LogP contribution in [0, 0.1) is 0 Å². The molecule has 2 heterocycles. The second kappa shape index (κ2) is 7.01. The van der Waals surface area contributed by atoms with E-state index in [1.807, 2.05) is 23.1 Å². The quantitative estimate of drug-likeness (QED) is 0.808. The largest absolute Gasteiger partial charge is 0.331 e. The number of sulfone groups is 1. The normalized spacial score (nSPS) is 24.7. The van der Waals surface area contributed by atoms with Crippen molar-refractivity contribution in [1.82, 2.24) is 4.90 Å². The molecule has 0 saturated carbocycles. The molecule has 1 amide bonds. The van der Waals surface area contributed by atoms with E-state index in [9.17, 15) is 13.2 Å². The number of nitrogens with one attached hydrogen (secondary N) is 1. The van der Waals surface area contributed by atoms with E-state index in [1.54, 1.807) is 0 Å². The van der Waals surface area contributed by atoms with Crippen molar-refractivity contribution in [2.75, 3.05) is 37.7 Å². The van der Waals surface area contributed by atoms with E-state index >= 15 is 0 Å². The summed E-state index contributed by atoms with van der Waals surface area (Å²) in [4.78, 5) is 15.6. The fraction of sp³-hybridized carbons (Fsp3) is 0.588. The van der Waals surface area contributed by atoms with Gasteiger partial charge in [0.05, 0.1) is 31.9 Å². The highest BCUT2D eigenvalue weighted by atomic mass is 32.2. The monoisotopic (exact) mass is 337 g/mol. The van der Waals surface area contributed by atoms with E-state index < -0.39 is 9.84 Å². The minimum absolute atomic E-state index is 0.215. The van der Waals surface area contributed by atoms with E-state index in [1.165, 1.54) is 10.5 Å². The highest BCUT2D eigenvalue weighted by Crippen LogP contribution is 2.10. The number of hydrogen-bond acceptors (Lipinski definition) is 3. The van der Waals surface area contributed by atoms with Gasteiger partial charge in [-0.05, 0) is 12.0 Å². The first-order valence-electron chi connectivity index (χ1n) is 8.40. The molecule has 6 heteroatoms. The van der Waals surface area contributed by atoms with Gasteiger partial charge in [0.25, 0.3) is 0 Å². The Labute approximate surface area is 138 Å². The molecule has 0 aromatic heterocycles. The maximum Gasteiger partial charge on any atom is 0.223 e. The smallest absolute Gasteiger partial charge is 0.223 e. The Kier molecular flexibility index (Phi) is 5.02. The van der Waals surface area contributed by atoms with Crippen LogP contribution in [0.4, 0.5) is 0 Å². The van der Waals surface area contributed by atoms with E-state index in [-0.39, 0.29) is 11.9 Å². The lowest BCUT2D eigenvalue weighted by Gasteiger charge is -2.35. The summed E-state index contributed by atoms with van der Waals surface area (Å²) in [6.45, 7) is 3.24. The zero-order valence-corrected chi connectivity index (χ0v) is 14.2. The fourth-order valence-electron chi connectivity index (χ4n) is 3.62. The molecular weight excluding hydrogens is 312 g/mol. The van der Waals surface area contributed by atoms with Crippen molar-refractivity contribution in [1.29, 1.82) is 0 Å². The number of nitrogens with zero attached hydrogens (tertiary/aromatic N) is 1. The molecule has 2 aliphatic heterocycles. The average molecular weight is 337 g/mol. The number of benzene rings is 1. The molecule has 2 aliphatic rings. The second-order valence-corrected chi connectivity index (χ2v) is 8.85. The number of hydrogen-bond donors (Lipinski definition) is 1. The maximum absolute atomic E-state index is 12.3. The van der Waals surface area contributed by atoms with Crippen molar-refractivity contribution in [3.05, 3.63) is 35.9 Å². The number of amides is 1. The molecule has 1 atom stereocenters. The van der Waals surface area contributed by atoms with Gasteiger partial charge in [-0.1, -0.05) is 30.3 Å². The van der Waals surface area contributed by atoms with E-state index in [2.05, 4.69) is 12.1 Å². The lowest BCUT2D eigenvalue weighted by molar-refractivity contribution is -0.925. The van der Waals surface area contributed by atoms with Crippen molar-refractivity contribution < 1.29 is 18.1 Å². The Balaban J connectivity index is 1.44. The number of quaternary nitrogens is 1. The van der Waals surface area contributed by atoms with Crippen molar-refractivity contribution >= 4 is 15.7 Å². The molecule has 2 saturated heterocycles. The summed E-state index contributed by atoms with van der Waals surface area (Å²) in [5, 5.41) is 0. The second-order valence-electron chi connectivity index (χ2n) is 6.62. The van der Waals surface area contributed by atoms with Gasteiger partial charge in [-0.25, -0.2) is 8.42 Å². The van der Waals surface area contributed by atoms with Gasteiger partial charge in [-0.2, -0.15) is 0 Å². The summed E-state index contributed by atoms with van der Waals surface area (Å²) in [5.41, 5.74) is 1.20. The highest BCUT2D eigenvalue weighted by molar-refractivity contribution is 7.91. The van der Waals surface area contributed by atoms with Crippen LogP contribution in [0.25, 0.3) is 0 Å². The van der Waals surface area contributed by atoms with Gasteiger partial charge in [0.15, 0.2) is 9.84 Å². The van der Waals surface area contributed by atoms with E-state index in [0.29, 0.717) is 17.9 Å². The van der Waals surface area contributed by atoms with Crippen molar-refractivity contribution in [2.24, 2.45) is 0 Å². The van der Waals surface area contributed by atoms with Gasteiger partial charge in [0.1, 0.15) is 11.8 Å². The Bertz CT molecular complexity index is 637. The fourth-order valence-corrected chi connectivity index (χ4v) is 5.45. The number of carbonyl (C=O) groups is 1. The van der Waals surface area contributed by atoms with Crippen LogP contribution in [0.1, 0.15) is 18.4 Å². The number of rotatable bonds is 4. The molecule has 1 aromatic carbocycles. The molecule has 2 fully saturated rings. The molecule has 0 radical (unpaired) electrons. The van der Waals surface area contributed by atoms with Crippen molar-refractivity contribution in [3.63, 3.8) is 0 Å². The predicted octanol–water partition coefficient (Wildman–Crippen LogP) is -0.467. The standard InChI is InChI=1S/C17H24N2O3S/c20-17(7-6-15-4-2-1-3-5-15)19-11-9-18(10-12-19)16-8-13-23(21,22)14-16/h1-5,16H,6-14H2/p+1/t16-/m0/s1. The minimum Gasteiger partial charge on any atom is -0.331 e. The minimum atomic E-state index is -2.82. The third-order valence-electron chi connectivity index (χ3n) is 5.04. The molecule has 5 nitrogen and oxygen atoms in total. The van der Waals surface area contributed by atoms with Crippen molar-refractivity contribution in [2.45, 2.75) is 25.3 Å². The molecule has 126 valence electrons. The molecule has 0 unspecified atom stereocenters. The SMILES string of the molecule is O=C(CCc1ccccc1)N1CC[NH+]([C@H]2CCS(=O)(=O)C2)CC1. The van der Waals surface area contributed by atoms with Gasteiger partial charge in [-0.15, -0.1) is 0 Å². The van der Waals surface area contributed by atoms with Gasteiger partial charge < -0.3 is 9.80 Å². The van der Waals surface area contributed by atoms with Crippen LogP contribution in [0.5, 0.6) is 0 Å². The summed E-state index contributed by atoms with van der Waals surface area (Å²) >= 11 is 0. The number of carbonyl (C=O) groups excluding carboxylic acids is 1. The van der Waals surface area contributed by atoms with Crippen LogP contribution in [-0.2, 0) is 21.1 Å². The van der Waals surface area contributed by atoms with E-state index in [4.69, 9.17) is 0 Å². The molecule has 1 aromatic rings. The molecule has 0 bridgehead atoms. The third kappa shape index (κ3) is 4.32. The van der Waals surface area contributed by atoms with Crippen LogP contribution < -0.4 is 4.90 Å². The first-order valence-corrected chi connectivity index (χ1v) is 10.2. The molecule has 0 aliphatic carbocycles. The van der Waals surface area contributed by atoms with Crippen LogP contribution in [0.15, 0.2) is 30.3 Å². The zero-order valence-electron chi connectivity index (χ0n) is 13.4. The highest BCUT2D eigenvalue weighted by Gasteiger charge is 2.37. The van der Waals surface area contributed by atoms with Gasteiger partial charge in [0, 0.05) is 12.8 Å². The average Bonchev–Trinajstić information content (AvgIpc) is 2.94. The third-order valence-corrected chi connectivity index (χ3v) is 6.81. The van der Waals surface area contributed by atoms with Crippen molar-refractivity contribution in [3.8, 4) is 0 Å². The Morgan fingerprint density at radius 2 is 1.87 bits per heavy atom. The summed E-state index contributed by atoms with van der Waals surface area (Å²) in [7, 11) is -2.82. The Morgan fingerprint density at radius 3 is 2.48 bits per heavy atom. The first kappa shape index (κ1) is 16.5. The van der Waals surface area contributed by atoms with E-state index in [0.717, 1.165) is 39.0 Å². The van der Waals surface area contributed by atoms with Gasteiger partial charge in [-0.3, -0.25) is 4.79 Å². The summed E-state index contributed by atoms with van der Waals surface area (Å²) in [6, 6.07) is 10.3. The predicted molar refractivity (Wildman–Crippen MR) is 89.1 cm³/mol. The Hall–Kier alpha value is -1.40. The number of aryl methyl sites for hydroxylation is 1. The zero-order chi connectivity index (χ0) is 16.3. The maximum atomic E-state index is 12.3. The number of piperazine rings is 1. The summed E-state index contributed by atoms with van der Waals surface area (Å²) in [6.07, 6.45) is 2.12. The van der Waals surface area contributed by atoms with Gasteiger partial charge >= 0.3 is 0 Å². The summed E-state index contributed by atoms with van der Waals surface area (Å²) < 4.78 is 23.2. The lowest BCUT2D eigenvalue weighted by atomic mass is 10.1.